The molecule has 0 aliphatic rings. The number of hydrogen-bond acceptors (Lipinski definition) is 2. The zero-order valence-electron chi connectivity index (χ0n) is 11.4. The molecule has 0 aliphatic carbocycles. The zero-order valence-corrected chi connectivity index (χ0v) is 14.8. The van der Waals surface area contributed by atoms with Crippen LogP contribution in [0.1, 0.15) is 0 Å². The van der Waals surface area contributed by atoms with Gasteiger partial charge in [0.1, 0.15) is 6.73 Å². The second-order valence-corrected chi connectivity index (χ2v) is 12.7. The Hall–Kier alpha value is -0.363. The van der Waals surface area contributed by atoms with E-state index in [-0.39, 0.29) is 0 Å². The van der Waals surface area contributed by atoms with Gasteiger partial charge in [0.2, 0.25) is 0 Å². The molecule has 6 heteroatoms. The van der Waals surface area contributed by atoms with Gasteiger partial charge in [-0.05, 0) is 34.1 Å². The Bertz CT molecular complexity index is 580. The molecule has 1 heterocycles. The Morgan fingerprint density at radius 2 is 2.11 bits per heavy atom. The number of ether oxygens (including phenoxy) is 1. The third-order valence-electron chi connectivity index (χ3n) is 2.89. The van der Waals surface area contributed by atoms with Crippen LogP contribution < -0.4 is 0 Å². The summed E-state index contributed by atoms with van der Waals surface area (Å²) in [5.41, 5.74) is 0.993. The van der Waals surface area contributed by atoms with E-state index in [1.165, 1.54) is 0 Å². The van der Waals surface area contributed by atoms with E-state index in [1.54, 1.807) is 0 Å². The molecule has 0 bridgehead atoms. The lowest BCUT2D eigenvalue weighted by molar-refractivity contribution is 0.0817. The number of hydrogen-bond donors (Lipinski definition) is 0. The molecule has 2 aromatic rings. The average molecular weight is 362 g/mol. The van der Waals surface area contributed by atoms with Crippen molar-refractivity contribution in [2.45, 2.75) is 32.4 Å². The van der Waals surface area contributed by atoms with Gasteiger partial charge in [-0.1, -0.05) is 31.2 Å². The summed E-state index contributed by atoms with van der Waals surface area (Å²) in [5.74, 6) is 0. The monoisotopic (exact) mass is 360 g/mol. The van der Waals surface area contributed by atoms with Crippen molar-refractivity contribution in [3.63, 3.8) is 0 Å². The summed E-state index contributed by atoms with van der Waals surface area (Å²) in [7, 11) is -1.03. The smallest absolute Gasteiger partial charge is 0.139 e. The number of rotatable bonds is 5. The molecule has 104 valence electrons. The van der Waals surface area contributed by atoms with E-state index in [0.717, 1.165) is 28.0 Å². The standard InChI is InChI=1S/C13H18BrClN2OSi/c1-19(2,3)5-4-18-9-17-13-7-10(15)6-12(14)11(13)8-16-17/h6-8H,4-5,9H2,1-3H3. The summed E-state index contributed by atoms with van der Waals surface area (Å²) < 4.78 is 8.52. The third kappa shape index (κ3) is 4.05. The molecule has 0 aliphatic heterocycles. The van der Waals surface area contributed by atoms with Gasteiger partial charge in [0.25, 0.3) is 0 Å². The lowest BCUT2D eigenvalue weighted by atomic mass is 10.2. The van der Waals surface area contributed by atoms with E-state index in [2.05, 4.69) is 40.7 Å². The minimum atomic E-state index is -1.03. The van der Waals surface area contributed by atoms with E-state index < -0.39 is 8.07 Å². The SMILES string of the molecule is C[Si](C)(C)CCOCn1ncc2c(Br)cc(Cl)cc21. The first kappa shape index (κ1) is 15.0. The minimum absolute atomic E-state index is 0.473. The van der Waals surface area contributed by atoms with Crippen molar-refractivity contribution in [2.24, 2.45) is 0 Å². The summed E-state index contributed by atoms with van der Waals surface area (Å²) in [4.78, 5) is 0. The molecule has 0 fully saturated rings. The van der Waals surface area contributed by atoms with Crippen molar-refractivity contribution in [2.75, 3.05) is 6.61 Å². The topological polar surface area (TPSA) is 27.1 Å². The first-order valence-electron chi connectivity index (χ1n) is 6.25. The second-order valence-electron chi connectivity index (χ2n) is 5.81. The number of nitrogens with zero attached hydrogens (tertiary/aromatic N) is 2. The minimum Gasteiger partial charge on any atom is -0.360 e. The summed E-state index contributed by atoms with van der Waals surface area (Å²) in [5, 5.41) is 6.10. The van der Waals surface area contributed by atoms with Gasteiger partial charge >= 0.3 is 0 Å². The highest BCUT2D eigenvalue weighted by atomic mass is 79.9. The van der Waals surface area contributed by atoms with Crippen LogP contribution in [0.2, 0.25) is 30.7 Å². The molecule has 19 heavy (non-hydrogen) atoms. The molecule has 0 N–H and O–H groups in total. The lowest BCUT2D eigenvalue weighted by Gasteiger charge is -2.15. The first-order valence-corrected chi connectivity index (χ1v) is 11.1. The Morgan fingerprint density at radius 1 is 1.37 bits per heavy atom. The van der Waals surface area contributed by atoms with E-state index >= 15 is 0 Å². The van der Waals surface area contributed by atoms with E-state index in [9.17, 15) is 0 Å². The van der Waals surface area contributed by atoms with Gasteiger partial charge in [-0.3, -0.25) is 0 Å². The molecule has 0 saturated heterocycles. The molecule has 1 aromatic heterocycles. The summed E-state index contributed by atoms with van der Waals surface area (Å²) in [6.45, 7) is 8.29. The fraction of sp³-hybridized carbons (Fsp3) is 0.462. The number of aromatic nitrogens is 2. The molecule has 0 saturated carbocycles. The maximum absolute atomic E-state index is 6.07. The predicted molar refractivity (Wildman–Crippen MR) is 86.5 cm³/mol. The normalized spacial score (nSPS) is 12.3. The number of halogens is 2. The van der Waals surface area contributed by atoms with Gasteiger partial charge in [0.15, 0.2) is 0 Å². The molecule has 0 spiro atoms. The van der Waals surface area contributed by atoms with Crippen LogP contribution in [-0.2, 0) is 11.5 Å². The lowest BCUT2D eigenvalue weighted by Crippen LogP contribution is -2.22. The molecule has 2 rings (SSSR count). The Kier molecular flexibility index (Phi) is 4.71. The molecule has 0 unspecified atom stereocenters. The second kappa shape index (κ2) is 5.95. The van der Waals surface area contributed by atoms with E-state index in [1.807, 2.05) is 23.0 Å². The maximum atomic E-state index is 6.07. The van der Waals surface area contributed by atoms with Crippen LogP contribution in [-0.4, -0.2) is 24.5 Å². The highest BCUT2D eigenvalue weighted by Crippen LogP contribution is 2.28. The summed E-state index contributed by atoms with van der Waals surface area (Å²) in [6, 6.07) is 4.95. The van der Waals surface area contributed by atoms with E-state index in [4.69, 9.17) is 16.3 Å². The highest BCUT2D eigenvalue weighted by Gasteiger charge is 2.12. The van der Waals surface area contributed by atoms with Gasteiger partial charge in [-0.2, -0.15) is 5.10 Å². The van der Waals surface area contributed by atoms with Crippen LogP contribution in [0.15, 0.2) is 22.8 Å². The molecular weight excluding hydrogens is 344 g/mol. The molecule has 0 radical (unpaired) electrons. The Balaban J connectivity index is 2.05. The van der Waals surface area contributed by atoms with E-state index in [0.29, 0.717) is 11.8 Å². The van der Waals surface area contributed by atoms with Crippen LogP contribution in [0.3, 0.4) is 0 Å². The highest BCUT2D eigenvalue weighted by molar-refractivity contribution is 9.10. The van der Waals surface area contributed by atoms with Crippen molar-refractivity contribution in [3.8, 4) is 0 Å². The van der Waals surface area contributed by atoms with Gasteiger partial charge in [0, 0.05) is 29.6 Å². The van der Waals surface area contributed by atoms with Crippen LogP contribution in [0, 0.1) is 0 Å². The third-order valence-corrected chi connectivity index (χ3v) is 5.47. The fourth-order valence-corrected chi connectivity index (χ4v) is 3.39. The van der Waals surface area contributed by atoms with Gasteiger partial charge in [-0.25, -0.2) is 4.68 Å². The zero-order chi connectivity index (χ0) is 14.0. The quantitative estimate of drug-likeness (QED) is 0.567. The molecule has 1 aromatic carbocycles. The molecule has 3 nitrogen and oxygen atoms in total. The van der Waals surface area contributed by atoms with Crippen LogP contribution in [0.4, 0.5) is 0 Å². The van der Waals surface area contributed by atoms with Crippen LogP contribution in [0.25, 0.3) is 10.9 Å². The number of fused-ring (bicyclic) bond motifs is 1. The largest absolute Gasteiger partial charge is 0.360 e. The van der Waals surface area contributed by atoms with Gasteiger partial charge < -0.3 is 4.74 Å². The summed E-state index contributed by atoms with van der Waals surface area (Å²) >= 11 is 9.56. The average Bonchev–Trinajstić information content (AvgIpc) is 2.66. The van der Waals surface area contributed by atoms with Crippen molar-refractivity contribution < 1.29 is 4.74 Å². The molecular formula is C13H18BrClN2OSi. The van der Waals surface area contributed by atoms with Crippen molar-refractivity contribution in [3.05, 3.63) is 27.8 Å². The van der Waals surface area contributed by atoms with Crippen molar-refractivity contribution in [1.29, 1.82) is 0 Å². The predicted octanol–water partition coefficient (Wildman–Crippen LogP) is 4.76. The van der Waals surface area contributed by atoms with Gasteiger partial charge in [0.05, 0.1) is 11.7 Å². The van der Waals surface area contributed by atoms with Crippen LogP contribution in [0.5, 0.6) is 0 Å². The van der Waals surface area contributed by atoms with Gasteiger partial charge in [-0.15, -0.1) is 0 Å². The van der Waals surface area contributed by atoms with Crippen molar-refractivity contribution in [1.82, 2.24) is 9.78 Å². The Labute approximate surface area is 128 Å². The molecule has 0 amide bonds. The fourth-order valence-electron chi connectivity index (χ4n) is 1.73. The molecule has 0 atom stereocenters. The Morgan fingerprint density at radius 3 is 2.79 bits per heavy atom. The van der Waals surface area contributed by atoms with Crippen LogP contribution >= 0.6 is 27.5 Å². The summed E-state index contributed by atoms with van der Waals surface area (Å²) in [6.07, 6.45) is 1.83. The number of benzene rings is 1. The maximum Gasteiger partial charge on any atom is 0.139 e. The first-order chi connectivity index (χ1) is 8.87. The van der Waals surface area contributed by atoms with Crippen molar-refractivity contribution >= 4 is 46.5 Å².